The predicted molar refractivity (Wildman–Crippen MR) is 110 cm³/mol. The molecule has 0 aromatic carbocycles. The Morgan fingerprint density at radius 1 is 0.880 bits per heavy atom. The molecule has 2 saturated carbocycles. The molecule has 1 heteroatoms. The summed E-state index contributed by atoms with van der Waals surface area (Å²) in [6, 6.07) is 0. The van der Waals surface area contributed by atoms with Crippen LogP contribution >= 0.6 is 0 Å². The number of aliphatic hydroxyl groups excluding tert-OH is 1. The molecule has 4 unspecified atom stereocenters. The fourth-order valence-corrected chi connectivity index (χ4v) is 4.18. The lowest BCUT2D eigenvalue weighted by Gasteiger charge is -2.34. The molecule has 0 bridgehead atoms. The average molecular weight is 349 g/mol. The molecular weight excluding hydrogens is 304 g/mol. The summed E-state index contributed by atoms with van der Waals surface area (Å²) in [5.74, 6) is 10.2. The second-order valence-electron chi connectivity index (χ2n) is 8.76. The Bertz CT molecular complexity index is 381. The third-order valence-electron chi connectivity index (χ3n) is 6.39. The molecule has 0 amide bonds. The molecule has 2 aliphatic carbocycles. The molecule has 0 aromatic rings. The van der Waals surface area contributed by atoms with Crippen LogP contribution in [0.15, 0.2) is 0 Å². The molecule has 4 atom stereocenters. The molecule has 146 valence electrons. The van der Waals surface area contributed by atoms with Crippen LogP contribution in [0.2, 0.25) is 0 Å². The molecule has 1 nitrogen and oxygen atoms in total. The summed E-state index contributed by atoms with van der Waals surface area (Å²) in [5.41, 5.74) is 0. The van der Waals surface area contributed by atoms with Gasteiger partial charge in [-0.3, -0.25) is 0 Å². The third kappa shape index (κ3) is 8.63. The van der Waals surface area contributed by atoms with Crippen molar-refractivity contribution in [3.05, 3.63) is 0 Å². The van der Waals surface area contributed by atoms with Crippen LogP contribution in [0.3, 0.4) is 0 Å². The van der Waals surface area contributed by atoms with Gasteiger partial charge in [-0.15, -0.1) is 0 Å². The molecule has 0 aliphatic heterocycles. The lowest BCUT2D eigenvalue weighted by Crippen LogP contribution is -2.31. The Morgan fingerprint density at radius 2 is 1.52 bits per heavy atom. The highest BCUT2D eigenvalue weighted by molar-refractivity contribution is 5.11. The normalized spacial score (nSPS) is 33.4. The number of hydrogen-bond acceptors (Lipinski definition) is 1. The van der Waals surface area contributed by atoms with Gasteiger partial charge in [-0.2, -0.15) is 0 Å². The maximum atomic E-state index is 10.4. The van der Waals surface area contributed by atoms with Crippen molar-refractivity contribution in [1.29, 1.82) is 0 Å². The highest BCUT2D eigenvalue weighted by Crippen LogP contribution is 2.35. The topological polar surface area (TPSA) is 20.2 Å². The highest BCUT2D eigenvalue weighted by Gasteiger charge is 2.30. The zero-order valence-electron chi connectivity index (χ0n) is 17.7. The summed E-state index contributed by atoms with van der Waals surface area (Å²) in [6.45, 7) is 11.3. The van der Waals surface area contributed by atoms with E-state index in [0.29, 0.717) is 11.8 Å². The van der Waals surface area contributed by atoms with Gasteiger partial charge in [-0.1, -0.05) is 72.1 Å². The Morgan fingerprint density at radius 3 is 2.04 bits per heavy atom. The van der Waals surface area contributed by atoms with Gasteiger partial charge in [-0.05, 0) is 62.7 Å². The number of rotatable bonds is 4. The summed E-state index contributed by atoms with van der Waals surface area (Å²) in [6.07, 6.45) is 13.6. The SMILES string of the molecule is CCCC.CCCC(C)C1CCC(C#CC2CCC(C)CC2)C(O)C1. The van der Waals surface area contributed by atoms with E-state index in [1.165, 1.54) is 57.8 Å². The molecule has 25 heavy (non-hydrogen) atoms. The summed E-state index contributed by atoms with van der Waals surface area (Å²) in [4.78, 5) is 0. The van der Waals surface area contributed by atoms with Crippen molar-refractivity contribution >= 4 is 0 Å². The first-order valence-electron chi connectivity index (χ1n) is 11.2. The fraction of sp³-hybridized carbons (Fsp3) is 0.917. The van der Waals surface area contributed by atoms with Crippen LogP contribution in [0.5, 0.6) is 0 Å². The Hall–Kier alpha value is -0.480. The minimum absolute atomic E-state index is 0.182. The van der Waals surface area contributed by atoms with E-state index in [2.05, 4.69) is 46.5 Å². The van der Waals surface area contributed by atoms with E-state index in [1.807, 2.05) is 0 Å². The first-order chi connectivity index (χ1) is 12.0. The number of aliphatic hydroxyl groups is 1. The average Bonchev–Trinajstić information content (AvgIpc) is 2.62. The second kappa shape index (κ2) is 12.8. The van der Waals surface area contributed by atoms with Crippen LogP contribution in [0.4, 0.5) is 0 Å². The van der Waals surface area contributed by atoms with Crippen molar-refractivity contribution < 1.29 is 5.11 Å². The standard InChI is InChI=1S/C20H34O.C4H10/c1-4-5-16(3)19-13-12-18(20(21)14-19)11-10-17-8-6-15(2)7-9-17;1-3-4-2/h15-21H,4-9,12-14H2,1-3H3;3-4H2,1-2H3. The Labute approximate surface area is 158 Å². The minimum atomic E-state index is -0.182. The zero-order chi connectivity index (χ0) is 18.7. The Balaban J connectivity index is 0.000000705. The van der Waals surface area contributed by atoms with E-state index in [4.69, 9.17) is 0 Å². The van der Waals surface area contributed by atoms with Gasteiger partial charge in [0.15, 0.2) is 0 Å². The van der Waals surface area contributed by atoms with E-state index in [0.717, 1.165) is 24.7 Å². The maximum absolute atomic E-state index is 10.4. The van der Waals surface area contributed by atoms with Crippen LogP contribution in [0, 0.1) is 41.4 Å². The molecular formula is C24H44O. The van der Waals surface area contributed by atoms with Crippen molar-refractivity contribution in [3.63, 3.8) is 0 Å². The first kappa shape index (κ1) is 22.6. The maximum Gasteiger partial charge on any atom is 0.0680 e. The fourth-order valence-electron chi connectivity index (χ4n) is 4.18. The second-order valence-corrected chi connectivity index (χ2v) is 8.76. The van der Waals surface area contributed by atoms with Crippen molar-refractivity contribution in [2.24, 2.45) is 29.6 Å². The summed E-state index contributed by atoms with van der Waals surface area (Å²) in [7, 11) is 0. The molecule has 2 fully saturated rings. The number of unbranched alkanes of at least 4 members (excludes halogenated alkanes) is 1. The molecule has 0 radical (unpaired) electrons. The van der Waals surface area contributed by atoms with Crippen LogP contribution in [-0.2, 0) is 0 Å². The van der Waals surface area contributed by atoms with Crippen LogP contribution in [-0.4, -0.2) is 11.2 Å². The van der Waals surface area contributed by atoms with Crippen LogP contribution in [0.25, 0.3) is 0 Å². The smallest absolute Gasteiger partial charge is 0.0680 e. The number of hydrogen-bond donors (Lipinski definition) is 1. The highest BCUT2D eigenvalue weighted by atomic mass is 16.3. The monoisotopic (exact) mass is 348 g/mol. The zero-order valence-corrected chi connectivity index (χ0v) is 17.7. The van der Waals surface area contributed by atoms with E-state index < -0.39 is 0 Å². The van der Waals surface area contributed by atoms with Crippen molar-refractivity contribution in [2.75, 3.05) is 0 Å². The minimum Gasteiger partial charge on any atom is -0.392 e. The van der Waals surface area contributed by atoms with Gasteiger partial charge in [0.2, 0.25) is 0 Å². The van der Waals surface area contributed by atoms with E-state index in [9.17, 15) is 5.11 Å². The van der Waals surface area contributed by atoms with Crippen LogP contribution < -0.4 is 0 Å². The molecule has 0 spiro atoms. The van der Waals surface area contributed by atoms with Crippen LogP contribution in [0.1, 0.15) is 105 Å². The molecule has 0 heterocycles. The van der Waals surface area contributed by atoms with Gasteiger partial charge in [0, 0.05) is 11.8 Å². The molecule has 2 rings (SSSR count). The van der Waals surface area contributed by atoms with E-state index >= 15 is 0 Å². The molecule has 1 N–H and O–H groups in total. The summed E-state index contributed by atoms with van der Waals surface area (Å²) >= 11 is 0. The molecule has 2 aliphatic rings. The van der Waals surface area contributed by atoms with Crippen molar-refractivity contribution in [3.8, 4) is 11.8 Å². The van der Waals surface area contributed by atoms with Crippen molar-refractivity contribution in [1.82, 2.24) is 0 Å². The third-order valence-corrected chi connectivity index (χ3v) is 6.39. The van der Waals surface area contributed by atoms with Gasteiger partial charge in [0.25, 0.3) is 0 Å². The van der Waals surface area contributed by atoms with Gasteiger partial charge in [0.1, 0.15) is 0 Å². The van der Waals surface area contributed by atoms with Gasteiger partial charge >= 0.3 is 0 Å². The molecule has 0 aromatic heterocycles. The Kier molecular flexibility index (Phi) is 11.6. The van der Waals surface area contributed by atoms with Crippen molar-refractivity contribution in [2.45, 2.75) is 111 Å². The quantitative estimate of drug-likeness (QED) is 0.552. The predicted octanol–water partition coefficient (Wildman–Crippen LogP) is 6.84. The molecule has 0 saturated heterocycles. The lowest BCUT2D eigenvalue weighted by atomic mass is 9.73. The first-order valence-corrected chi connectivity index (χ1v) is 11.2. The summed E-state index contributed by atoms with van der Waals surface area (Å²) < 4.78 is 0. The lowest BCUT2D eigenvalue weighted by molar-refractivity contribution is 0.0522. The van der Waals surface area contributed by atoms with Gasteiger partial charge in [0.05, 0.1) is 6.10 Å². The van der Waals surface area contributed by atoms with Gasteiger partial charge in [-0.25, -0.2) is 0 Å². The van der Waals surface area contributed by atoms with E-state index in [-0.39, 0.29) is 12.0 Å². The largest absolute Gasteiger partial charge is 0.392 e. The van der Waals surface area contributed by atoms with Gasteiger partial charge < -0.3 is 5.11 Å². The summed E-state index contributed by atoms with van der Waals surface area (Å²) in [5, 5.41) is 10.4. The van der Waals surface area contributed by atoms with E-state index in [1.54, 1.807) is 0 Å².